The summed E-state index contributed by atoms with van der Waals surface area (Å²) in [5, 5.41) is 0. The van der Waals surface area contributed by atoms with E-state index in [-0.39, 0.29) is 0 Å². The van der Waals surface area contributed by atoms with Crippen LogP contribution >= 0.6 is 12.2 Å². The number of rotatable bonds is 2. The molecule has 5 heteroatoms. The molecule has 4 nitrogen and oxygen atoms in total. The van der Waals surface area contributed by atoms with E-state index >= 15 is 0 Å². The Balaban J connectivity index is 2.57. The van der Waals surface area contributed by atoms with Crippen LogP contribution in [0, 0.1) is 0 Å². The molecule has 0 fully saturated rings. The normalized spacial score (nSPS) is 10.4. The van der Waals surface area contributed by atoms with Gasteiger partial charge in [-0.15, -0.1) is 0 Å². The molecule has 2 rings (SSSR count). The van der Waals surface area contributed by atoms with Crippen molar-refractivity contribution in [2.75, 3.05) is 0 Å². The molecule has 0 aromatic carbocycles. The Kier molecular flexibility index (Phi) is 2.09. The zero-order chi connectivity index (χ0) is 10.1. The number of hydrogen-bond donors (Lipinski definition) is 1. The van der Waals surface area contributed by atoms with Gasteiger partial charge in [0.2, 0.25) is 5.95 Å². The summed E-state index contributed by atoms with van der Waals surface area (Å²) in [4.78, 5) is 4.59. The number of aryl methyl sites for hydroxylation is 1. The summed E-state index contributed by atoms with van der Waals surface area (Å²) in [5.41, 5.74) is 6.39. The predicted molar refractivity (Wildman–Crippen MR) is 58.4 cm³/mol. The molecule has 2 aromatic rings. The van der Waals surface area contributed by atoms with Gasteiger partial charge in [-0.1, -0.05) is 12.2 Å². The highest BCUT2D eigenvalue weighted by Crippen LogP contribution is 2.09. The predicted octanol–water partition coefficient (Wildman–Crippen LogP) is 0.845. The number of hydrogen-bond acceptors (Lipinski definition) is 2. The number of nitrogens with two attached hydrogens (primary N) is 1. The first-order valence-electron chi connectivity index (χ1n) is 4.15. The molecular formula is C9H10N4S. The Morgan fingerprint density at radius 1 is 1.50 bits per heavy atom. The molecule has 0 radical (unpaired) electrons. The minimum absolute atomic E-state index is 0.373. The average molecular weight is 206 g/mol. The van der Waals surface area contributed by atoms with Gasteiger partial charge in [-0.3, -0.25) is 4.57 Å². The second-order valence-corrected chi connectivity index (χ2v) is 3.41. The van der Waals surface area contributed by atoms with Crippen molar-refractivity contribution in [1.82, 2.24) is 14.1 Å². The molecule has 0 amide bonds. The second-order valence-electron chi connectivity index (χ2n) is 2.97. The Bertz CT molecular complexity index is 469. The quantitative estimate of drug-likeness (QED) is 0.741. The van der Waals surface area contributed by atoms with E-state index in [0.29, 0.717) is 4.99 Å². The van der Waals surface area contributed by atoms with Crippen molar-refractivity contribution in [2.24, 2.45) is 12.8 Å². The first kappa shape index (κ1) is 8.96. The fourth-order valence-corrected chi connectivity index (χ4v) is 1.51. The molecule has 2 aromatic heterocycles. The van der Waals surface area contributed by atoms with Gasteiger partial charge in [0.1, 0.15) is 4.99 Å². The van der Waals surface area contributed by atoms with Crippen LogP contribution in [-0.4, -0.2) is 19.1 Å². The molecule has 0 saturated heterocycles. The van der Waals surface area contributed by atoms with E-state index < -0.39 is 0 Å². The zero-order valence-electron chi connectivity index (χ0n) is 7.71. The highest BCUT2D eigenvalue weighted by Gasteiger charge is 2.08. The molecular weight excluding hydrogens is 196 g/mol. The largest absolute Gasteiger partial charge is 0.388 e. The van der Waals surface area contributed by atoms with Crippen molar-refractivity contribution in [3.8, 4) is 5.95 Å². The first-order valence-corrected chi connectivity index (χ1v) is 4.56. The van der Waals surface area contributed by atoms with Crippen LogP contribution in [0.1, 0.15) is 5.69 Å². The van der Waals surface area contributed by atoms with Crippen LogP contribution in [0.4, 0.5) is 0 Å². The standard InChI is InChI=1S/C9H10N4S/c1-12-6-4-11-9(12)13-5-2-3-7(13)8(10)14/h2-6H,1H3,(H2,10,14). The van der Waals surface area contributed by atoms with Crippen LogP contribution in [0.2, 0.25) is 0 Å². The van der Waals surface area contributed by atoms with Gasteiger partial charge in [0.05, 0.1) is 5.69 Å². The summed E-state index contributed by atoms with van der Waals surface area (Å²) >= 11 is 4.94. The maximum absolute atomic E-state index is 5.59. The number of nitrogens with zero attached hydrogens (tertiary/aromatic N) is 3. The summed E-state index contributed by atoms with van der Waals surface area (Å²) in [6.07, 6.45) is 5.49. The van der Waals surface area contributed by atoms with E-state index in [1.54, 1.807) is 6.20 Å². The van der Waals surface area contributed by atoms with E-state index in [1.165, 1.54) is 0 Å². The van der Waals surface area contributed by atoms with E-state index in [0.717, 1.165) is 11.6 Å². The summed E-state index contributed by atoms with van der Waals surface area (Å²) in [7, 11) is 1.92. The van der Waals surface area contributed by atoms with Crippen molar-refractivity contribution in [1.29, 1.82) is 0 Å². The Labute approximate surface area is 87.0 Å². The van der Waals surface area contributed by atoms with Crippen molar-refractivity contribution >= 4 is 17.2 Å². The van der Waals surface area contributed by atoms with Gasteiger partial charge < -0.3 is 10.3 Å². The molecule has 2 N–H and O–H groups in total. The third kappa shape index (κ3) is 1.31. The molecule has 0 unspecified atom stereocenters. The van der Waals surface area contributed by atoms with Gasteiger partial charge in [-0.2, -0.15) is 0 Å². The second kappa shape index (κ2) is 3.26. The Morgan fingerprint density at radius 2 is 2.29 bits per heavy atom. The fraction of sp³-hybridized carbons (Fsp3) is 0.111. The molecule has 14 heavy (non-hydrogen) atoms. The summed E-state index contributed by atoms with van der Waals surface area (Å²) in [5.74, 6) is 0.804. The lowest BCUT2D eigenvalue weighted by molar-refractivity contribution is 0.818. The molecule has 0 aliphatic carbocycles. The molecule has 0 saturated carbocycles. The lowest BCUT2D eigenvalue weighted by atomic mass is 10.4. The average Bonchev–Trinajstić information content (AvgIpc) is 2.70. The highest BCUT2D eigenvalue weighted by atomic mass is 32.1. The Morgan fingerprint density at radius 3 is 2.86 bits per heavy atom. The van der Waals surface area contributed by atoms with Crippen LogP contribution in [0.5, 0.6) is 0 Å². The van der Waals surface area contributed by atoms with Crippen molar-refractivity contribution in [2.45, 2.75) is 0 Å². The van der Waals surface area contributed by atoms with E-state index in [2.05, 4.69) is 4.98 Å². The topological polar surface area (TPSA) is 48.8 Å². The summed E-state index contributed by atoms with van der Waals surface area (Å²) in [6, 6.07) is 3.76. The Hall–Kier alpha value is -1.62. The van der Waals surface area contributed by atoms with Crippen molar-refractivity contribution in [3.63, 3.8) is 0 Å². The van der Waals surface area contributed by atoms with Gasteiger partial charge in [0.15, 0.2) is 0 Å². The molecule has 0 atom stereocenters. The lowest BCUT2D eigenvalue weighted by Crippen LogP contribution is -2.16. The maximum atomic E-state index is 5.59. The van der Waals surface area contributed by atoms with Gasteiger partial charge in [0.25, 0.3) is 0 Å². The van der Waals surface area contributed by atoms with Gasteiger partial charge in [-0.05, 0) is 12.1 Å². The van der Waals surface area contributed by atoms with Crippen LogP contribution in [0.15, 0.2) is 30.7 Å². The first-order chi connectivity index (χ1) is 6.70. The van der Waals surface area contributed by atoms with Crippen molar-refractivity contribution < 1.29 is 0 Å². The number of thiocarbonyl (C=S) groups is 1. The number of imidazole rings is 1. The van der Waals surface area contributed by atoms with Gasteiger partial charge >= 0.3 is 0 Å². The molecule has 72 valence electrons. The SMILES string of the molecule is Cn1ccnc1-n1cccc1C(N)=S. The molecule has 0 aliphatic heterocycles. The third-order valence-corrected chi connectivity index (χ3v) is 2.22. The lowest BCUT2D eigenvalue weighted by Gasteiger charge is -2.06. The van der Waals surface area contributed by atoms with E-state index in [4.69, 9.17) is 18.0 Å². The van der Waals surface area contributed by atoms with Crippen LogP contribution in [0.3, 0.4) is 0 Å². The highest BCUT2D eigenvalue weighted by molar-refractivity contribution is 7.80. The minimum Gasteiger partial charge on any atom is -0.388 e. The zero-order valence-corrected chi connectivity index (χ0v) is 8.53. The van der Waals surface area contributed by atoms with E-state index in [1.807, 2.05) is 40.7 Å². The summed E-state index contributed by atoms with van der Waals surface area (Å²) < 4.78 is 3.77. The van der Waals surface area contributed by atoms with Crippen LogP contribution in [0.25, 0.3) is 5.95 Å². The summed E-state index contributed by atoms with van der Waals surface area (Å²) in [6.45, 7) is 0. The van der Waals surface area contributed by atoms with Crippen LogP contribution < -0.4 is 5.73 Å². The minimum atomic E-state index is 0.373. The fourth-order valence-electron chi connectivity index (χ4n) is 1.35. The number of aromatic nitrogens is 3. The maximum Gasteiger partial charge on any atom is 0.214 e. The molecule has 0 aliphatic rings. The van der Waals surface area contributed by atoms with Crippen LogP contribution in [-0.2, 0) is 7.05 Å². The van der Waals surface area contributed by atoms with Crippen molar-refractivity contribution in [3.05, 3.63) is 36.4 Å². The molecule has 2 heterocycles. The van der Waals surface area contributed by atoms with Gasteiger partial charge in [0, 0.05) is 25.6 Å². The monoisotopic (exact) mass is 206 g/mol. The molecule has 0 bridgehead atoms. The molecule has 0 spiro atoms. The third-order valence-electron chi connectivity index (χ3n) is 2.01. The van der Waals surface area contributed by atoms with Gasteiger partial charge in [-0.25, -0.2) is 4.98 Å². The smallest absolute Gasteiger partial charge is 0.214 e. The van der Waals surface area contributed by atoms with E-state index in [9.17, 15) is 0 Å².